The van der Waals surface area contributed by atoms with Gasteiger partial charge >= 0.3 is 12.3 Å². The summed E-state index contributed by atoms with van der Waals surface area (Å²) < 4.78 is 61.7. The largest absolute Gasteiger partial charge is 0.490 e. The Balaban J connectivity index is 1.65. The Labute approximate surface area is 140 Å². The van der Waals surface area contributed by atoms with Crippen molar-refractivity contribution in [3.8, 4) is 5.75 Å². The number of cyclic esters (lactones) is 1. The number of halogens is 4. The molecule has 1 heterocycles. The second-order valence-corrected chi connectivity index (χ2v) is 5.44. The van der Waals surface area contributed by atoms with Gasteiger partial charge in [0.1, 0.15) is 18.2 Å². The van der Waals surface area contributed by atoms with Crippen LogP contribution in [0, 0.1) is 5.82 Å². The van der Waals surface area contributed by atoms with Gasteiger partial charge in [0.05, 0.1) is 12.1 Å². The molecule has 1 aliphatic rings. The van der Waals surface area contributed by atoms with E-state index in [0.717, 1.165) is 6.07 Å². The van der Waals surface area contributed by atoms with Gasteiger partial charge in [-0.05, 0) is 24.3 Å². The van der Waals surface area contributed by atoms with Crippen molar-refractivity contribution in [3.63, 3.8) is 0 Å². The molecule has 1 saturated heterocycles. The average Bonchev–Trinajstić information content (AvgIpc) is 2.93. The summed E-state index contributed by atoms with van der Waals surface area (Å²) in [6.07, 6.45) is -5.93. The Morgan fingerprint density at radius 3 is 2.56 bits per heavy atom. The second kappa shape index (κ2) is 6.62. The molecule has 2 aromatic carbocycles. The van der Waals surface area contributed by atoms with Crippen LogP contribution in [-0.4, -0.2) is 25.3 Å². The van der Waals surface area contributed by atoms with E-state index in [4.69, 9.17) is 9.47 Å². The number of para-hydroxylation sites is 1. The van der Waals surface area contributed by atoms with Gasteiger partial charge in [0, 0.05) is 11.8 Å². The molecule has 0 aliphatic carbocycles. The second-order valence-electron chi connectivity index (χ2n) is 5.44. The maximum atomic E-state index is 13.3. The average molecular weight is 355 g/mol. The van der Waals surface area contributed by atoms with Crippen molar-refractivity contribution in [2.75, 3.05) is 18.1 Å². The number of benzene rings is 2. The first-order valence-electron chi connectivity index (χ1n) is 7.37. The molecule has 25 heavy (non-hydrogen) atoms. The van der Waals surface area contributed by atoms with Crippen LogP contribution in [0.25, 0.3) is 0 Å². The van der Waals surface area contributed by atoms with Gasteiger partial charge in [-0.25, -0.2) is 9.18 Å². The number of hydrogen-bond acceptors (Lipinski definition) is 3. The van der Waals surface area contributed by atoms with Gasteiger partial charge in [-0.15, -0.1) is 0 Å². The predicted molar refractivity (Wildman–Crippen MR) is 81.0 cm³/mol. The fourth-order valence-corrected chi connectivity index (χ4v) is 2.43. The number of nitrogens with zero attached hydrogens (tertiary/aromatic N) is 1. The molecular formula is C17H13F4NO3. The first-order chi connectivity index (χ1) is 11.8. The fraction of sp³-hybridized carbons (Fsp3) is 0.235. The summed E-state index contributed by atoms with van der Waals surface area (Å²) in [5, 5.41) is 0. The summed E-state index contributed by atoms with van der Waals surface area (Å²) in [5.41, 5.74) is -0.503. The van der Waals surface area contributed by atoms with Gasteiger partial charge in [-0.2, -0.15) is 13.2 Å². The minimum Gasteiger partial charge on any atom is -0.490 e. The number of alkyl halides is 3. The van der Waals surface area contributed by atoms with Crippen molar-refractivity contribution in [1.29, 1.82) is 0 Å². The van der Waals surface area contributed by atoms with Crippen molar-refractivity contribution >= 4 is 11.8 Å². The third kappa shape index (κ3) is 4.01. The zero-order valence-electron chi connectivity index (χ0n) is 12.8. The number of ether oxygens (including phenoxy) is 2. The number of anilines is 1. The molecule has 8 heteroatoms. The van der Waals surface area contributed by atoms with Crippen LogP contribution in [0.3, 0.4) is 0 Å². The van der Waals surface area contributed by atoms with Crippen molar-refractivity contribution < 1.29 is 31.8 Å². The molecule has 1 aliphatic heterocycles. The number of carbonyl (C=O) groups is 1. The van der Waals surface area contributed by atoms with E-state index in [1.54, 1.807) is 30.3 Å². The summed E-state index contributed by atoms with van der Waals surface area (Å²) in [4.78, 5) is 13.3. The minimum atomic E-state index is -4.68. The van der Waals surface area contributed by atoms with E-state index in [0.29, 0.717) is 17.8 Å². The molecule has 0 saturated carbocycles. The maximum absolute atomic E-state index is 13.3. The molecule has 1 amide bonds. The fourth-order valence-electron chi connectivity index (χ4n) is 2.43. The molecule has 0 radical (unpaired) electrons. The monoisotopic (exact) mass is 355 g/mol. The van der Waals surface area contributed by atoms with Gasteiger partial charge < -0.3 is 9.47 Å². The lowest BCUT2D eigenvalue weighted by Gasteiger charge is -2.14. The summed E-state index contributed by atoms with van der Waals surface area (Å²) >= 11 is 0. The van der Waals surface area contributed by atoms with Gasteiger partial charge in [-0.3, -0.25) is 4.90 Å². The quantitative estimate of drug-likeness (QED) is 0.770. The Hall–Kier alpha value is -2.77. The lowest BCUT2D eigenvalue weighted by atomic mass is 10.2. The minimum absolute atomic E-state index is 0.185. The van der Waals surface area contributed by atoms with E-state index in [1.807, 2.05) is 0 Å². The third-order valence-electron chi connectivity index (χ3n) is 3.58. The first-order valence-corrected chi connectivity index (χ1v) is 7.37. The highest BCUT2D eigenvalue weighted by molar-refractivity contribution is 5.89. The number of rotatable bonds is 4. The molecular weight excluding hydrogens is 342 g/mol. The van der Waals surface area contributed by atoms with Crippen molar-refractivity contribution in [1.82, 2.24) is 0 Å². The van der Waals surface area contributed by atoms with Crippen molar-refractivity contribution in [3.05, 3.63) is 59.9 Å². The van der Waals surface area contributed by atoms with Crippen LogP contribution < -0.4 is 9.64 Å². The first kappa shape index (κ1) is 17.1. The molecule has 0 bridgehead atoms. The Kier molecular flexibility index (Phi) is 4.52. The summed E-state index contributed by atoms with van der Waals surface area (Å²) in [6.45, 7) is 0.000113. The zero-order chi connectivity index (χ0) is 18.0. The molecule has 0 N–H and O–H groups in total. The zero-order valence-corrected chi connectivity index (χ0v) is 12.8. The number of hydrogen-bond donors (Lipinski definition) is 0. The highest BCUT2D eigenvalue weighted by Crippen LogP contribution is 2.32. The molecule has 0 aromatic heterocycles. The molecule has 1 unspecified atom stereocenters. The van der Waals surface area contributed by atoms with E-state index in [-0.39, 0.29) is 18.9 Å². The van der Waals surface area contributed by atoms with E-state index in [9.17, 15) is 22.4 Å². The Morgan fingerprint density at radius 1 is 1.16 bits per heavy atom. The molecule has 4 nitrogen and oxygen atoms in total. The SMILES string of the molecule is O=C1OC(COc2cc(F)cc(C(F)(F)F)c2)CN1c1ccccc1. The van der Waals surface area contributed by atoms with Crippen LogP contribution in [0.15, 0.2) is 48.5 Å². The van der Waals surface area contributed by atoms with Crippen LogP contribution in [0.1, 0.15) is 5.56 Å². The summed E-state index contributed by atoms with van der Waals surface area (Å²) in [6, 6.07) is 10.7. The lowest BCUT2D eigenvalue weighted by Crippen LogP contribution is -2.26. The van der Waals surface area contributed by atoms with Crippen molar-refractivity contribution in [2.24, 2.45) is 0 Å². The van der Waals surface area contributed by atoms with Crippen LogP contribution in [-0.2, 0) is 10.9 Å². The van der Waals surface area contributed by atoms with Crippen LogP contribution in [0.4, 0.5) is 28.0 Å². The van der Waals surface area contributed by atoms with Gasteiger partial charge in [-0.1, -0.05) is 18.2 Å². The van der Waals surface area contributed by atoms with Gasteiger partial charge in [0.15, 0.2) is 6.10 Å². The van der Waals surface area contributed by atoms with Crippen LogP contribution >= 0.6 is 0 Å². The topological polar surface area (TPSA) is 38.8 Å². The third-order valence-corrected chi connectivity index (χ3v) is 3.58. The predicted octanol–water partition coefficient (Wildman–Crippen LogP) is 4.25. The lowest BCUT2D eigenvalue weighted by molar-refractivity contribution is -0.137. The van der Waals surface area contributed by atoms with E-state index in [2.05, 4.69) is 0 Å². The molecule has 0 spiro atoms. The van der Waals surface area contributed by atoms with Gasteiger partial charge in [0.25, 0.3) is 0 Å². The molecule has 2 aromatic rings. The Bertz CT molecular complexity index is 764. The highest BCUT2D eigenvalue weighted by atomic mass is 19.4. The molecule has 1 atom stereocenters. The smallest absolute Gasteiger partial charge is 0.416 e. The number of amides is 1. The van der Waals surface area contributed by atoms with E-state index < -0.39 is 29.8 Å². The standard InChI is InChI=1S/C17H13F4NO3/c18-12-6-11(17(19,20)21)7-14(8-12)24-10-15-9-22(16(23)25-15)13-4-2-1-3-5-13/h1-8,15H,9-10H2. The normalized spacial score (nSPS) is 17.5. The van der Waals surface area contributed by atoms with Crippen molar-refractivity contribution in [2.45, 2.75) is 12.3 Å². The molecule has 3 rings (SSSR count). The van der Waals surface area contributed by atoms with Crippen LogP contribution in [0.5, 0.6) is 5.75 Å². The van der Waals surface area contributed by atoms with E-state index in [1.165, 1.54) is 4.90 Å². The van der Waals surface area contributed by atoms with Gasteiger partial charge in [0.2, 0.25) is 0 Å². The summed E-state index contributed by atoms with van der Waals surface area (Å²) in [7, 11) is 0. The molecule has 1 fully saturated rings. The molecule has 132 valence electrons. The summed E-state index contributed by atoms with van der Waals surface area (Å²) in [5.74, 6) is -1.33. The van der Waals surface area contributed by atoms with E-state index >= 15 is 0 Å². The number of carbonyl (C=O) groups excluding carboxylic acids is 1. The highest BCUT2D eigenvalue weighted by Gasteiger charge is 2.34. The Morgan fingerprint density at radius 2 is 1.88 bits per heavy atom. The van der Waals surface area contributed by atoms with Crippen LogP contribution in [0.2, 0.25) is 0 Å². The maximum Gasteiger partial charge on any atom is 0.416 e.